The Bertz CT molecular complexity index is 1220. The lowest BCUT2D eigenvalue weighted by Crippen LogP contribution is -2.32. The van der Waals surface area contributed by atoms with E-state index in [1.807, 2.05) is 56.3 Å². The number of benzene rings is 1. The van der Waals surface area contributed by atoms with Gasteiger partial charge in [-0.3, -0.25) is 0 Å². The van der Waals surface area contributed by atoms with Gasteiger partial charge in [-0.1, -0.05) is 18.2 Å². The SMILES string of the molecule is COC1=CC(c2cc3ccccc3n2OC(=O)N(C)C)=NC1=Cc1[nH]c(C)cc1C. The molecule has 0 saturated carbocycles. The van der Waals surface area contributed by atoms with Gasteiger partial charge < -0.3 is 19.5 Å². The lowest BCUT2D eigenvalue weighted by molar-refractivity contribution is 0.111. The van der Waals surface area contributed by atoms with Crippen LogP contribution < -0.4 is 4.84 Å². The number of H-pyrrole nitrogens is 1. The van der Waals surface area contributed by atoms with E-state index in [4.69, 9.17) is 14.6 Å². The predicted molar refractivity (Wildman–Crippen MR) is 117 cm³/mol. The molecule has 3 aromatic rings. The van der Waals surface area contributed by atoms with Gasteiger partial charge >= 0.3 is 6.09 Å². The number of hydrogen-bond acceptors (Lipinski definition) is 4. The smallest absolute Gasteiger partial charge is 0.434 e. The molecule has 0 spiro atoms. The molecule has 0 fully saturated rings. The molecule has 3 heterocycles. The van der Waals surface area contributed by atoms with Crippen LogP contribution in [0.25, 0.3) is 17.0 Å². The summed E-state index contributed by atoms with van der Waals surface area (Å²) in [6, 6.07) is 11.8. The number of allylic oxidation sites excluding steroid dienone is 1. The van der Waals surface area contributed by atoms with Gasteiger partial charge in [0.2, 0.25) is 0 Å². The summed E-state index contributed by atoms with van der Waals surface area (Å²) in [6.45, 7) is 4.06. The average molecular weight is 404 g/mol. The summed E-state index contributed by atoms with van der Waals surface area (Å²) >= 11 is 0. The van der Waals surface area contributed by atoms with Crippen LogP contribution in [0.15, 0.2) is 58.9 Å². The largest absolute Gasteiger partial charge is 0.494 e. The Labute approximate surface area is 174 Å². The first-order chi connectivity index (χ1) is 14.4. The van der Waals surface area contributed by atoms with Crippen molar-refractivity contribution < 1.29 is 14.4 Å². The minimum absolute atomic E-state index is 0.472. The zero-order chi connectivity index (χ0) is 21.4. The first-order valence-corrected chi connectivity index (χ1v) is 9.60. The maximum atomic E-state index is 12.3. The molecule has 1 aliphatic rings. The number of aromatic amines is 1. The molecule has 0 aliphatic carbocycles. The van der Waals surface area contributed by atoms with Gasteiger partial charge in [0.1, 0.15) is 17.2 Å². The normalized spacial score (nSPS) is 14.8. The number of methoxy groups -OCH3 is 1. The average Bonchev–Trinajstić information content (AvgIpc) is 3.37. The molecule has 0 unspecified atom stereocenters. The second-order valence-corrected chi connectivity index (χ2v) is 7.42. The van der Waals surface area contributed by atoms with Crippen LogP contribution in [0.1, 0.15) is 22.6 Å². The van der Waals surface area contributed by atoms with Crippen molar-refractivity contribution in [3.8, 4) is 0 Å². The number of aliphatic imine (C=N–C) groups is 1. The minimum Gasteiger partial charge on any atom is -0.494 e. The standard InChI is InChI=1S/C23H24N4O3/c1-14-10-15(2)24-17(14)12-19-22(29-5)13-18(25-19)21-11-16-8-6-7-9-20(16)27(21)30-23(28)26(3)4/h6-13,24H,1-5H3. The molecule has 154 valence electrons. The molecule has 1 aliphatic heterocycles. The molecule has 0 saturated heterocycles. The van der Waals surface area contributed by atoms with Crippen LogP contribution in [-0.4, -0.2) is 47.6 Å². The van der Waals surface area contributed by atoms with E-state index >= 15 is 0 Å². The summed E-state index contributed by atoms with van der Waals surface area (Å²) in [6.07, 6.45) is 3.34. The Hall–Kier alpha value is -3.74. The predicted octanol–water partition coefficient (Wildman–Crippen LogP) is 4.07. The maximum Gasteiger partial charge on any atom is 0.434 e. The van der Waals surface area contributed by atoms with Crippen molar-refractivity contribution in [1.29, 1.82) is 0 Å². The molecule has 30 heavy (non-hydrogen) atoms. The summed E-state index contributed by atoms with van der Waals surface area (Å²) < 4.78 is 7.09. The van der Waals surface area contributed by atoms with Gasteiger partial charge in [-0.05, 0) is 43.7 Å². The molecule has 1 N–H and O–H groups in total. The number of fused-ring (bicyclic) bond motifs is 1. The van der Waals surface area contributed by atoms with Crippen molar-refractivity contribution in [1.82, 2.24) is 14.6 Å². The summed E-state index contributed by atoms with van der Waals surface area (Å²) in [4.78, 5) is 27.4. The molecule has 0 bridgehead atoms. The van der Waals surface area contributed by atoms with Crippen molar-refractivity contribution in [2.45, 2.75) is 13.8 Å². The van der Waals surface area contributed by atoms with Crippen LogP contribution >= 0.6 is 0 Å². The van der Waals surface area contributed by atoms with Crippen LogP contribution in [-0.2, 0) is 4.74 Å². The number of aryl methyl sites for hydroxylation is 2. The van der Waals surface area contributed by atoms with E-state index in [9.17, 15) is 4.79 Å². The fourth-order valence-electron chi connectivity index (χ4n) is 3.42. The third kappa shape index (κ3) is 3.50. The second-order valence-electron chi connectivity index (χ2n) is 7.42. The number of ether oxygens (including phenoxy) is 1. The van der Waals surface area contributed by atoms with Gasteiger partial charge in [0, 0.05) is 36.9 Å². The van der Waals surface area contributed by atoms with Crippen LogP contribution in [0.5, 0.6) is 0 Å². The summed E-state index contributed by atoms with van der Waals surface area (Å²) in [5.74, 6) is 0.646. The maximum absolute atomic E-state index is 12.3. The molecule has 0 radical (unpaired) electrons. The Morgan fingerprint density at radius 2 is 1.97 bits per heavy atom. The number of amides is 1. The number of rotatable bonds is 4. The van der Waals surface area contributed by atoms with E-state index in [-0.39, 0.29) is 0 Å². The Morgan fingerprint density at radius 1 is 1.20 bits per heavy atom. The molecule has 7 nitrogen and oxygen atoms in total. The summed E-state index contributed by atoms with van der Waals surface area (Å²) in [7, 11) is 4.91. The number of aromatic nitrogens is 2. The summed E-state index contributed by atoms with van der Waals surface area (Å²) in [5.41, 5.74) is 6.01. The third-order valence-electron chi connectivity index (χ3n) is 4.92. The summed E-state index contributed by atoms with van der Waals surface area (Å²) in [5, 5.41) is 0.947. The van der Waals surface area contributed by atoms with Crippen LogP contribution in [0.2, 0.25) is 0 Å². The van der Waals surface area contributed by atoms with Crippen molar-refractivity contribution in [3.63, 3.8) is 0 Å². The number of hydrogen-bond donors (Lipinski definition) is 1. The fourth-order valence-corrected chi connectivity index (χ4v) is 3.42. The highest BCUT2D eigenvalue weighted by atomic mass is 16.7. The van der Waals surface area contributed by atoms with Gasteiger partial charge in [0.25, 0.3) is 0 Å². The Morgan fingerprint density at radius 3 is 2.63 bits per heavy atom. The van der Waals surface area contributed by atoms with Gasteiger partial charge in [0.05, 0.1) is 18.3 Å². The molecule has 0 atom stereocenters. The van der Waals surface area contributed by atoms with E-state index in [1.165, 1.54) is 9.63 Å². The molecule has 1 amide bonds. The van der Waals surface area contributed by atoms with Crippen molar-refractivity contribution in [2.24, 2.45) is 4.99 Å². The van der Waals surface area contributed by atoms with E-state index in [0.717, 1.165) is 27.9 Å². The van der Waals surface area contributed by atoms with Crippen LogP contribution in [0.4, 0.5) is 4.79 Å². The number of carbonyl (C=O) groups is 1. The molecule has 7 heteroatoms. The minimum atomic E-state index is -0.472. The Kier molecular flexibility index (Phi) is 4.95. The number of para-hydroxylation sites is 1. The third-order valence-corrected chi connectivity index (χ3v) is 4.92. The molecule has 4 rings (SSSR count). The zero-order valence-electron chi connectivity index (χ0n) is 17.7. The van der Waals surface area contributed by atoms with Gasteiger partial charge in [-0.2, -0.15) is 4.73 Å². The highest BCUT2D eigenvalue weighted by molar-refractivity contribution is 6.13. The van der Waals surface area contributed by atoms with E-state index in [2.05, 4.69) is 11.1 Å². The number of nitrogens with one attached hydrogen (secondary N) is 1. The van der Waals surface area contributed by atoms with E-state index in [1.54, 1.807) is 21.2 Å². The highest BCUT2D eigenvalue weighted by Crippen LogP contribution is 2.28. The number of nitrogens with zero attached hydrogens (tertiary/aromatic N) is 3. The van der Waals surface area contributed by atoms with Crippen LogP contribution in [0.3, 0.4) is 0 Å². The topological polar surface area (TPSA) is 71.8 Å². The van der Waals surface area contributed by atoms with E-state index in [0.29, 0.717) is 22.9 Å². The van der Waals surface area contributed by atoms with Gasteiger partial charge in [-0.25, -0.2) is 9.79 Å². The lowest BCUT2D eigenvalue weighted by atomic mass is 10.2. The monoisotopic (exact) mass is 404 g/mol. The first kappa shape index (κ1) is 19.6. The molecule has 1 aromatic carbocycles. The van der Waals surface area contributed by atoms with Gasteiger partial charge in [0.15, 0.2) is 0 Å². The quantitative estimate of drug-likeness (QED) is 0.712. The lowest BCUT2D eigenvalue weighted by Gasteiger charge is -2.13. The zero-order valence-corrected chi connectivity index (χ0v) is 17.7. The molecular weight excluding hydrogens is 380 g/mol. The first-order valence-electron chi connectivity index (χ1n) is 9.60. The van der Waals surface area contributed by atoms with Crippen molar-refractivity contribution in [3.05, 3.63) is 76.6 Å². The van der Waals surface area contributed by atoms with Crippen LogP contribution in [0, 0.1) is 13.8 Å². The highest BCUT2D eigenvalue weighted by Gasteiger charge is 2.23. The fraction of sp³-hybridized carbons (Fsp3) is 0.217. The molecular formula is C23H24N4O3. The Balaban J connectivity index is 1.82. The molecule has 2 aromatic heterocycles. The second kappa shape index (κ2) is 7.59. The van der Waals surface area contributed by atoms with E-state index < -0.39 is 6.09 Å². The number of carbonyl (C=O) groups excluding carboxylic acids is 1. The van der Waals surface area contributed by atoms with Gasteiger partial charge in [-0.15, -0.1) is 0 Å². The van der Waals surface area contributed by atoms with Crippen molar-refractivity contribution >= 4 is 28.8 Å². The van der Waals surface area contributed by atoms with Crippen molar-refractivity contribution in [2.75, 3.05) is 21.2 Å².